The van der Waals surface area contributed by atoms with E-state index in [1.165, 1.54) is 39.8 Å². The molecule has 3 aromatic rings. The van der Waals surface area contributed by atoms with Gasteiger partial charge in [-0.2, -0.15) is 0 Å². The third-order valence-corrected chi connectivity index (χ3v) is 5.71. The summed E-state index contributed by atoms with van der Waals surface area (Å²) in [6.45, 7) is 1.90. The molecule has 0 atom stereocenters. The summed E-state index contributed by atoms with van der Waals surface area (Å²) < 4.78 is 21.0. The van der Waals surface area contributed by atoms with Gasteiger partial charge in [-0.15, -0.1) is 11.3 Å². The molecule has 2 aromatic carbocycles. The number of amides is 1. The Hall–Kier alpha value is -3.52. The van der Waals surface area contributed by atoms with E-state index in [0.29, 0.717) is 27.8 Å². The van der Waals surface area contributed by atoms with Crippen LogP contribution >= 0.6 is 11.3 Å². The molecule has 1 heterocycles. The zero-order valence-electron chi connectivity index (χ0n) is 17.9. The first-order valence-electron chi connectivity index (χ1n) is 9.33. The van der Waals surface area contributed by atoms with E-state index >= 15 is 0 Å². The summed E-state index contributed by atoms with van der Waals surface area (Å²) in [5.74, 6) is 0.142. The molecule has 0 spiro atoms. The number of ether oxygens (including phenoxy) is 4. The summed E-state index contributed by atoms with van der Waals surface area (Å²) in [7, 11) is 5.75. The van der Waals surface area contributed by atoms with Gasteiger partial charge >= 0.3 is 5.97 Å². The minimum absolute atomic E-state index is 0.289. The largest absolute Gasteiger partial charge is 0.493 e. The van der Waals surface area contributed by atoms with Gasteiger partial charge in [0.15, 0.2) is 11.5 Å². The Bertz CT molecular complexity index is 1080. The first kappa shape index (κ1) is 22.2. The Labute approximate surface area is 184 Å². The number of esters is 1. The van der Waals surface area contributed by atoms with E-state index < -0.39 is 11.9 Å². The van der Waals surface area contributed by atoms with Crippen LogP contribution in [0, 0.1) is 6.92 Å². The van der Waals surface area contributed by atoms with Gasteiger partial charge in [-0.3, -0.25) is 4.79 Å². The van der Waals surface area contributed by atoms with E-state index in [1.54, 1.807) is 12.1 Å². The van der Waals surface area contributed by atoms with Crippen molar-refractivity contribution in [2.45, 2.75) is 6.92 Å². The van der Waals surface area contributed by atoms with Gasteiger partial charge in [0.05, 0.1) is 28.4 Å². The molecule has 8 heteroatoms. The fourth-order valence-electron chi connectivity index (χ4n) is 3.27. The van der Waals surface area contributed by atoms with Crippen molar-refractivity contribution in [1.29, 1.82) is 0 Å². The number of rotatable bonds is 7. The average molecular weight is 442 g/mol. The Morgan fingerprint density at radius 3 is 2.03 bits per heavy atom. The molecule has 0 fully saturated rings. The van der Waals surface area contributed by atoms with Crippen molar-refractivity contribution in [1.82, 2.24) is 0 Å². The molecule has 0 aliphatic heterocycles. The Morgan fingerprint density at radius 1 is 0.903 bits per heavy atom. The third kappa shape index (κ3) is 4.34. The van der Waals surface area contributed by atoms with Gasteiger partial charge in [-0.25, -0.2) is 4.79 Å². The molecule has 7 nitrogen and oxygen atoms in total. The zero-order chi connectivity index (χ0) is 22.5. The number of anilines is 1. The van der Waals surface area contributed by atoms with Gasteiger partial charge in [0.25, 0.3) is 5.91 Å². The van der Waals surface area contributed by atoms with Gasteiger partial charge in [-0.1, -0.05) is 30.3 Å². The predicted octanol–water partition coefficient (Wildman–Crippen LogP) is 4.79. The van der Waals surface area contributed by atoms with Gasteiger partial charge < -0.3 is 24.3 Å². The molecule has 1 N–H and O–H groups in total. The molecule has 0 saturated heterocycles. The molecular formula is C23H23NO6S. The molecule has 3 rings (SSSR count). The highest BCUT2D eigenvalue weighted by atomic mass is 32.1. The Kier molecular flexibility index (Phi) is 6.81. The molecule has 0 bridgehead atoms. The van der Waals surface area contributed by atoms with Crippen LogP contribution < -0.4 is 19.5 Å². The van der Waals surface area contributed by atoms with Crippen LogP contribution in [0.15, 0.2) is 42.5 Å². The molecule has 1 amide bonds. The molecule has 0 aliphatic carbocycles. The van der Waals surface area contributed by atoms with Crippen molar-refractivity contribution in [2.75, 3.05) is 33.8 Å². The van der Waals surface area contributed by atoms with E-state index in [1.807, 2.05) is 37.3 Å². The smallest absolute Gasteiger partial charge is 0.341 e. The number of hydrogen-bond acceptors (Lipinski definition) is 7. The van der Waals surface area contributed by atoms with Crippen LogP contribution in [0.4, 0.5) is 5.00 Å². The second-order valence-electron chi connectivity index (χ2n) is 6.46. The number of methoxy groups -OCH3 is 4. The second kappa shape index (κ2) is 9.53. The van der Waals surface area contributed by atoms with Crippen LogP contribution in [0.2, 0.25) is 0 Å². The second-order valence-corrected chi connectivity index (χ2v) is 7.69. The number of benzene rings is 2. The molecule has 1 aromatic heterocycles. The maximum Gasteiger partial charge on any atom is 0.341 e. The molecule has 0 unspecified atom stereocenters. The van der Waals surface area contributed by atoms with Crippen molar-refractivity contribution in [2.24, 2.45) is 0 Å². The van der Waals surface area contributed by atoms with Crippen LogP contribution in [0.1, 0.15) is 25.6 Å². The molecule has 31 heavy (non-hydrogen) atoms. The van der Waals surface area contributed by atoms with Crippen LogP contribution in [0.5, 0.6) is 17.2 Å². The number of carbonyl (C=O) groups excluding carboxylic acids is 2. The number of carbonyl (C=O) groups is 2. The maximum absolute atomic E-state index is 13.1. The van der Waals surface area contributed by atoms with E-state index in [0.717, 1.165) is 16.0 Å². The Morgan fingerprint density at radius 2 is 1.52 bits per heavy atom. The van der Waals surface area contributed by atoms with Crippen LogP contribution in [0.25, 0.3) is 11.1 Å². The topological polar surface area (TPSA) is 83.1 Å². The normalized spacial score (nSPS) is 10.4. The van der Waals surface area contributed by atoms with E-state index in [-0.39, 0.29) is 5.56 Å². The molecule has 0 saturated carbocycles. The maximum atomic E-state index is 13.1. The zero-order valence-corrected chi connectivity index (χ0v) is 18.7. The van der Waals surface area contributed by atoms with E-state index in [2.05, 4.69) is 5.32 Å². The highest BCUT2D eigenvalue weighted by molar-refractivity contribution is 7.17. The fourth-order valence-corrected chi connectivity index (χ4v) is 4.33. The summed E-state index contributed by atoms with van der Waals surface area (Å²) in [6.07, 6.45) is 0. The lowest BCUT2D eigenvalue weighted by Crippen LogP contribution is -2.14. The van der Waals surface area contributed by atoms with Gasteiger partial charge in [0, 0.05) is 16.0 Å². The quantitative estimate of drug-likeness (QED) is 0.531. The number of nitrogens with one attached hydrogen (secondary N) is 1. The molecular weight excluding hydrogens is 418 g/mol. The molecule has 0 radical (unpaired) electrons. The minimum Gasteiger partial charge on any atom is -0.493 e. The highest BCUT2D eigenvalue weighted by Gasteiger charge is 2.26. The van der Waals surface area contributed by atoms with Crippen LogP contribution in [-0.4, -0.2) is 40.3 Å². The van der Waals surface area contributed by atoms with E-state index in [4.69, 9.17) is 18.9 Å². The lowest BCUT2D eigenvalue weighted by Gasteiger charge is -2.14. The van der Waals surface area contributed by atoms with Crippen molar-refractivity contribution in [3.05, 3.63) is 58.5 Å². The predicted molar refractivity (Wildman–Crippen MR) is 120 cm³/mol. The fraction of sp³-hybridized carbons (Fsp3) is 0.217. The summed E-state index contributed by atoms with van der Waals surface area (Å²) in [5.41, 5.74) is 2.21. The molecule has 0 aliphatic rings. The summed E-state index contributed by atoms with van der Waals surface area (Å²) in [5, 5.41) is 3.24. The van der Waals surface area contributed by atoms with Crippen molar-refractivity contribution < 1.29 is 28.5 Å². The first-order valence-corrected chi connectivity index (χ1v) is 10.1. The van der Waals surface area contributed by atoms with Gasteiger partial charge in [0.2, 0.25) is 5.75 Å². The summed E-state index contributed by atoms with van der Waals surface area (Å²) in [6, 6.07) is 12.6. The number of thiophene rings is 1. The lowest BCUT2D eigenvalue weighted by molar-refractivity contribution is 0.0603. The third-order valence-electron chi connectivity index (χ3n) is 4.69. The Balaban J connectivity index is 2.05. The van der Waals surface area contributed by atoms with E-state index in [9.17, 15) is 9.59 Å². The first-order chi connectivity index (χ1) is 14.9. The van der Waals surface area contributed by atoms with Gasteiger partial charge in [-0.05, 0) is 24.6 Å². The van der Waals surface area contributed by atoms with Crippen molar-refractivity contribution >= 4 is 28.2 Å². The monoisotopic (exact) mass is 441 g/mol. The van der Waals surface area contributed by atoms with Crippen LogP contribution in [0.3, 0.4) is 0 Å². The number of hydrogen-bond donors (Lipinski definition) is 1. The van der Waals surface area contributed by atoms with Gasteiger partial charge in [0.1, 0.15) is 10.6 Å². The summed E-state index contributed by atoms with van der Waals surface area (Å²) >= 11 is 1.31. The standard InChI is InChI=1S/C23H23NO6S/c1-13-18(14-9-7-6-8-10-14)19(23(26)30-5)22(31-13)24-21(25)15-11-16(27-2)20(29-4)17(12-15)28-3/h6-12H,1-5H3,(H,24,25). The minimum atomic E-state index is -0.525. The SMILES string of the molecule is COC(=O)c1c(NC(=O)c2cc(OC)c(OC)c(OC)c2)sc(C)c1-c1ccccc1. The average Bonchev–Trinajstić information content (AvgIpc) is 3.13. The number of aryl methyl sites for hydroxylation is 1. The lowest BCUT2D eigenvalue weighted by atomic mass is 10.0. The highest BCUT2D eigenvalue weighted by Crippen LogP contribution is 2.41. The summed E-state index contributed by atoms with van der Waals surface area (Å²) in [4.78, 5) is 26.6. The molecule has 162 valence electrons. The van der Waals surface area contributed by atoms with Crippen molar-refractivity contribution in [3.63, 3.8) is 0 Å². The van der Waals surface area contributed by atoms with Crippen molar-refractivity contribution in [3.8, 4) is 28.4 Å². The van der Waals surface area contributed by atoms with Crippen LogP contribution in [-0.2, 0) is 4.74 Å².